The zero-order valence-corrected chi connectivity index (χ0v) is 9.49. The van der Waals surface area contributed by atoms with Gasteiger partial charge in [0.05, 0.1) is 0 Å². The van der Waals surface area contributed by atoms with Crippen LogP contribution in [0.25, 0.3) is 0 Å². The molecule has 0 fully saturated rings. The van der Waals surface area contributed by atoms with E-state index in [4.69, 9.17) is 0 Å². The first-order valence-electron chi connectivity index (χ1n) is 5.18. The minimum Gasteiger partial charge on any atom is -0.340 e. The van der Waals surface area contributed by atoms with E-state index in [1.807, 2.05) is 19.1 Å². The molecule has 94 valence electrons. The number of benzene rings is 1. The summed E-state index contributed by atoms with van der Waals surface area (Å²) >= 11 is 0. The van der Waals surface area contributed by atoms with Crippen molar-refractivity contribution in [3.05, 3.63) is 47.9 Å². The molecule has 0 atom stereocenters. The van der Waals surface area contributed by atoms with Crippen LogP contribution in [-0.2, 0) is 6.18 Å². The predicted molar refractivity (Wildman–Crippen MR) is 61.5 cm³/mol. The zero-order valence-electron chi connectivity index (χ0n) is 9.49. The van der Waals surface area contributed by atoms with E-state index in [1.165, 1.54) is 0 Å². The number of aryl methyl sites for hydroxylation is 1. The lowest BCUT2D eigenvalue weighted by Crippen LogP contribution is -2.09. The molecule has 0 spiro atoms. The number of halogens is 3. The van der Waals surface area contributed by atoms with Crippen LogP contribution >= 0.6 is 0 Å². The first kappa shape index (κ1) is 12.3. The molecule has 18 heavy (non-hydrogen) atoms. The second-order valence-electron chi connectivity index (χ2n) is 3.78. The Kier molecular flexibility index (Phi) is 3.18. The van der Waals surface area contributed by atoms with Gasteiger partial charge in [0.25, 0.3) is 0 Å². The van der Waals surface area contributed by atoms with Gasteiger partial charge in [0.2, 0.25) is 0 Å². The minimum absolute atomic E-state index is 0.112. The second-order valence-corrected chi connectivity index (χ2v) is 3.78. The molecule has 0 aliphatic rings. The van der Waals surface area contributed by atoms with Gasteiger partial charge in [0.15, 0.2) is 0 Å². The van der Waals surface area contributed by atoms with Crippen molar-refractivity contribution in [3.63, 3.8) is 0 Å². The number of aromatic nitrogens is 2. The van der Waals surface area contributed by atoms with Crippen molar-refractivity contribution < 1.29 is 13.2 Å². The van der Waals surface area contributed by atoms with Gasteiger partial charge in [-0.1, -0.05) is 17.7 Å². The third-order valence-electron chi connectivity index (χ3n) is 2.28. The van der Waals surface area contributed by atoms with Crippen LogP contribution in [0.1, 0.15) is 11.3 Å². The van der Waals surface area contributed by atoms with Crippen LogP contribution in [0.15, 0.2) is 36.7 Å². The van der Waals surface area contributed by atoms with E-state index in [1.54, 1.807) is 12.1 Å². The molecule has 1 N–H and O–H groups in total. The normalized spacial score (nSPS) is 11.3. The predicted octanol–water partition coefficient (Wildman–Crippen LogP) is 3.55. The average Bonchev–Trinajstić information content (AvgIpc) is 2.31. The number of nitrogens with one attached hydrogen (secondary N) is 1. The van der Waals surface area contributed by atoms with Crippen molar-refractivity contribution in [1.29, 1.82) is 0 Å². The molecule has 2 aromatic rings. The Morgan fingerprint density at radius 1 is 1.06 bits per heavy atom. The Morgan fingerprint density at radius 3 is 2.33 bits per heavy atom. The lowest BCUT2D eigenvalue weighted by Gasteiger charge is -2.08. The van der Waals surface area contributed by atoms with Crippen molar-refractivity contribution in [1.82, 2.24) is 9.97 Å². The number of rotatable bonds is 2. The van der Waals surface area contributed by atoms with Crippen LogP contribution in [0.5, 0.6) is 0 Å². The lowest BCUT2D eigenvalue weighted by molar-refractivity contribution is -0.141. The van der Waals surface area contributed by atoms with Gasteiger partial charge in [-0.25, -0.2) is 9.97 Å². The molecule has 2 rings (SSSR count). The highest BCUT2D eigenvalue weighted by Crippen LogP contribution is 2.28. The van der Waals surface area contributed by atoms with E-state index < -0.39 is 11.9 Å². The third-order valence-corrected chi connectivity index (χ3v) is 2.28. The zero-order chi connectivity index (χ0) is 13.2. The fraction of sp³-hybridized carbons (Fsp3) is 0.167. The Hall–Kier alpha value is -2.11. The number of anilines is 2. The molecular formula is C12H10F3N3. The van der Waals surface area contributed by atoms with Crippen molar-refractivity contribution >= 4 is 11.5 Å². The minimum atomic E-state index is -4.47. The number of hydrogen-bond donors (Lipinski definition) is 1. The summed E-state index contributed by atoms with van der Waals surface area (Å²) in [6.45, 7) is 1.93. The molecule has 0 amide bonds. The molecule has 0 aliphatic heterocycles. The van der Waals surface area contributed by atoms with Gasteiger partial charge in [-0.05, 0) is 19.1 Å². The summed E-state index contributed by atoms with van der Waals surface area (Å²) in [5, 5.41) is 2.79. The highest BCUT2D eigenvalue weighted by atomic mass is 19.4. The van der Waals surface area contributed by atoms with Gasteiger partial charge in [-0.15, -0.1) is 0 Å². The molecule has 0 aliphatic carbocycles. The number of hydrogen-bond acceptors (Lipinski definition) is 3. The summed E-state index contributed by atoms with van der Waals surface area (Å²) < 4.78 is 37.3. The molecule has 1 aromatic heterocycles. The van der Waals surface area contributed by atoms with E-state index >= 15 is 0 Å². The summed E-state index contributed by atoms with van der Waals surface area (Å²) in [6.07, 6.45) is -3.58. The summed E-state index contributed by atoms with van der Waals surface area (Å²) in [5.74, 6) is 0.112. The molecule has 0 bridgehead atoms. The molecule has 6 heteroatoms. The maximum Gasteiger partial charge on any atom is 0.433 e. The summed E-state index contributed by atoms with van der Waals surface area (Å²) in [5.41, 5.74) is 0.777. The highest BCUT2D eigenvalue weighted by molar-refractivity contribution is 5.56. The lowest BCUT2D eigenvalue weighted by atomic mass is 10.2. The smallest absolute Gasteiger partial charge is 0.340 e. The van der Waals surface area contributed by atoms with Gasteiger partial charge < -0.3 is 5.32 Å². The van der Waals surface area contributed by atoms with Crippen LogP contribution < -0.4 is 5.32 Å². The number of alkyl halides is 3. The molecular weight excluding hydrogens is 243 g/mol. The van der Waals surface area contributed by atoms with Crippen molar-refractivity contribution in [2.24, 2.45) is 0 Å². The van der Waals surface area contributed by atoms with E-state index in [0.717, 1.165) is 18.0 Å². The summed E-state index contributed by atoms with van der Waals surface area (Å²) in [6, 6.07) is 8.12. The van der Waals surface area contributed by atoms with Gasteiger partial charge in [-0.3, -0.25) is 0 Å². The molecule has 3 nitrogen and oxygen atoms in total. The largest absolute Gasteiger partial charge is 0.433 e. The SMILES string of the molecule is Cc1ccc(Nc2cc(C(F)(F)F)ncn2)cc1. The summed E-state index contributed by atoms with van der Waals surface area (Å²) in [7, 11) is 0. The van der Waals surface area contributed by atoms with E-state index in [-0.39, 0.29) is 5.82 Å². The Labute approximate surface area is 102 Å². The van der Waals surface area contributed by atoms with Crippen molar-refractivity contribution in [3.8, 4) is 0 Å². The van der Waals surface area contributed by atoms with E-state index in [2.05, 4.69) is 15.3 Å². The van der Waals surface area contributed by atoms with Gasteiger partial charge >= 0.3 is 6.18 Å². The van der Waals surface area contributed by atoms with Gasteiger partial charge in [0, 0.05) is 11.8 Å². The maximum absolute atomic E-state index is 12.4. The summed E-state index contributed by atoms with van der Waals surface area (Å²) in [4.78, 5) is 6.94. The fourth-order valence-electron chi connectivity index (χ4n) is 1.37. The first-order chi connectivity index (χ1) is 8.45. The van der Waals surface area contributed by atoms with Crippen LogP contribution in [0, 0.1) is 6.92 Å². The first-order valence-corrected chi connectivity index (χ1v) is 5.18. The van der Waals surface area contributed by atoms with Crippen LogP contribution in [0.2, 0.25) is 0 Å². The van der Waals surface area contributed by atoms with E-state index in [9.17, 15) is 13.2 Å². The molecule has 1 heterocycles. The fourth-order valence-corrected chi connectivity index (χ4v) is 1.37. The molecule has 1 aromatic carbocycles. The Balaban J connectivity index is 2.22. The highest BCUT2D eigenvalue weighted by Gasteiger charge is 2.32. The van der Waals surface area contributed by atoms with E-state index in [0.29, 0.717) is 5.69 Å². The quantitative estimate of drug-likeness (QED) is 0.889. The molecule has 0 unspecified atom stereocenters. The standard InChI is InChI=1S/C12H10F3N3/c1-8-2-4-9(5-3-8)18-11-6-10(12(13,14)15)16-7-17-11/h2-7H,1H3,(H,16,17,18). The monoisotopic (exact) mass is 253 g/mol. The van der Waals surface area contributed by atoms with Crippen LogP contribution in [0.3, 0.4) is 0 Å². The maximum atomic E-state index is 12.4. The van der Waals surface area contributed by atoms with Crippen LogP contribution in [-0.4, -0.2) is 9.97 Å². The van der Waals surface area contributed by atoms with Crippen LogP contribution in [0.4, 0.5) is 24.7 Å². The molecule has 0 radical (unpaired) electrons. The average molecular weight is 253 g/mol. The molecule has 0 saturated carbocycles. The molecule has 0 saturated heterocycles. The second kappa shape index (κ2) is 4.64. The van der Waals surface area contributed by atoms with Crippen molar-refractivity contribution in [2.75, 3.05) is 5.32 Å². The Morgan fingerprint density at radius 2 is 1.72 bits per heavy atom. The third kappa shape index (κ3) is 2.97. The number of nitrogens with zero attached hydrogens (tertiary/aromatic N) is 2. The van der Waals surface area contributed by atoms with Crippen molar-refractivity contribution in [2.45, 2.75) is 13.1 Å². The Bertz CT molecular complexity index is 535. The van der Waals surface area contributed by atoms with Gasteiger partial charge in [-0.2, -0.15) is 13.2 Å². The van der Waals surface area contributed by atoms with Gasteiger partial charge in [0.1, 0.15) is 17.8 Å². The topological polar surface area (TPSA) is 37.8 Å².